The number of carbonyl (C=O) groups is 2. The number of aromatic nitrogens is 1. The fourth-order valence-electron chi connectivity index (χ4n) is 2.63. The topological polar surface area (TPSA) is 138 Å². The average Bonchev–Trinajstić information content (AvgIpc) is 2.92. The third-order valence-corrected chi connectivity index (χ3v) is 3.76. The molecular formula is C13H17NO8. The summed E-state index contributed by atoms with van der Waals surface area (Å²) in [6.45, 7) is -0.576. The highest BCUT2D eigenvalue weighted by atomic mass is 16.5. The van der Waals surface area contributed by atoms with E-state index < -0.39 is 42.9 Å². The molecule has 0 fully saturated rings. The van der Waals surface area contributed by atoms with Crippen molar-refractivity contribution in [3.05, 3.63) is 23.0 Å². The number of aliphatic hydroxyl groups is 4. The second kappa shape index (κ2) is 6.05. The monoisotopic (exact) mass is 315 g/mol. The fraction of sp³-hybridized carbons (Fsp3) is 0.538. The van der Waals surface area contributed by atoms with Gasteiger partial charge in [-0.3, -0.25) is 0 Å². The first-order valence-corrected chi connectivity index (χ1v) is 6.45. The Hall–Kier alpha value is -1.94. The van der Waals surface area contributed by atoms with E-state index in [-0.39, 0.29) is 16.8 Å². The quantitative estimate of drug-likeness (QED) is 0.487. The van der Waals surface area contributed by atoms with Gasteiger partial charge in [0.15, 0.2) is 0 Å². The summed E-state index contributed by atoms with van der Waals surface area (Å²) in [5.74, 6) is -1.76. The van der Waals surface area contributed by atoms with Crippen molar-refractivity contribution in [2.24, 2.45) is 0 Å². The van der Waals surface area contributed by atoms with Crippen molar-refractivity contribution >= 4 is 11.9 Å². The molecular weight excluding hydrogens is 298 g/mol. The Kier molecular flexibility index (Phi) is 4.52. The van der Waals surface area contributed by atoms with Crippen molar-refractivity contribution in [1.29, 1.82) is 0 Å². The highest BCUT2D eigenvalue weighted by Crippen LogP contribution is 2.37. The van der Waals surface area contributed by atoms with E-state index in [1.54, 1.807) is 0 Å². The third kappa shape index (κ3) is 2.28. The van der Waals surface area contributed by atoms with Gasteiger partial charge in [-0.05, 0) is 0 Å². The molecule has 2 rings (SSSR count). The molecule has 0 saturated carbocycles. The van der Waals surface area contributed by atoms with E-state index in [1.165, 1.54) is 10.8 Å². The molecule has 0 aliphatic carbocycles. The van der Waals surface area contributed by atoms with E-state index in [9.17, 15) is 30.0 Å². The average molecular weight is 315 g/mol. The number of fused-ring (bicyclic) bond motifs is 1. The Morgan fingerprint density at radius 3 is 2.23 bits per heavy atom. The lowest BCUT2D eigenvalue weighted by Gasteiger charge is -2.36. The predicted octanol–water partition coefficient (Wildman–Crippen LogP) is -1.64. The summed E-state index contributed by atoms with van der Waals surface area (Å²) in [7, 11) is 2.21. The summed E-state index contributed by atoms with van der Waals surface area (Å²) in [4.78, 5) is 23.8. The predicted molar refractivity (Wildman–Crippen MR) is 70.2 cm³/mol. The van der Waals surface area contributed by atoms with Crippen molar-refractivity contribution in [1.82, 2.24) is 4.57 Å². The van der Waals surface area contributed by atoms with E-state index in [0.717, 1.165) is 14.2 Å². The minimum Gasteiger partial charge on any atom is -0.465 e. The first kappa shape index (κ1) is 16.4. The molecule has 0 amide bonds. The molecule has 0 radical (unpaired) electrons. The van der Waals surface area contributed by atoms with E-state index in [2.05, 4.69) is 9.47 Å². The maximum atomic E-state index is 12.0. The van der Waals surface area contributed by atoms with E-state index >= 15 is 0 Å². The molecule has 122 valence electrons. The zero-order chi connectivity index (χ0) is 16.6. The molecule has 0 spiro atoms. The second-order valence-electron chi connectivity index (χ2n) is 4.87. The van der Waals surface area contributed by atoms with Crippen LogP contribution in [0.4, 0.5) is 0 Å². The molecule has 1 aliphatic heterocycles. The molecule has 4 atom stereocenters. The summed E-state index contributed by atoms with van der Waals surface area (Å²) in [5, 5.41) is 39.3. The molecule has 22 heavy (non-hydrogen) atoms. The molecule has 1 aromatic heterocycles. The number of rotatable bonds is 3. The SMILES string of the molecule is COC(=O)c1cn2c(c1C(=O)OC)[C@H](O)[C@@H](O)[C@H](O)[C@H]2CO. The smallest absolute Gasteiger partial charge is 0.340 e. The first-order valence-electron chi connectivity index (χ1n) is 6.45. The largest absolute Gasteiger partial charge is 0.465 e. The molecule has 0 saturated heterocycles. The highest BCUT2D eigenvalue weighted by molar-refractivity contribution is 6.04. The lowest BCUT2D eigenvalue weighted by molar-refractivity contribution is -0.107. The van der Waals surface area contributed by atoms with Crippen molar-refractivity contribution in [2.45, 2.75) is 24.4 Å². The summed E-state index contributed by atoms with van der Waals surface area (Å²) in [6, 6.07) is -1.03. The maximum absolute atomic E-state index is 12.0. The number of aliphatic hydroxyl groups excluding tert-OH is 4. The number of carbonyl (C=O) groups excluding carboxylic acids is 2. The highest BCUT2D eigenvalue weighted by Gasteiger charge is 2.44. The zero-order valence-electron chi connectivity index (χ0n) is 12.0. The first-order chi connectivity index (χ1) is 10.4. The Bertz CT molecular complexity index is 595. The Morgan fingerprint density at radius 1 is 1.14 bits per heavy atom. The number of hydrogen-bond donors (Lipinski definition) is 4. The van der Waals surface area contributed by atoms with Crippen LogP contribution < -0.4 is 0 Å². The minimum absolute atomic E-state index is 0.121. The Balaban J connectivity index is 2.73. The number of nitrogens with zero attached hydrogens (tertiary/aromatic N) is 1. The van der Waals surface area contributed by atoms with Crippen molar-refractivity contribution in [3.63, 3.8) is 0 Å². The summed E-state index contributed by atoms with van der Waals surface area (Å²) in [6.07, 6.45) is -3.57. The van der Waals surface area contributed by atoms with Gasteiger partial charge in [0.25, 0.3) is 0 Å². The van der Waals surface area contributed by atoms with Gasteiger partial charge in [0.1, 0.15) is 18.3 Å². The molecule has 4 N–H and O–H groups in total. The van der Waals surface area contributed by atoms with Crippen LogP contribution in [0.5, 0.6) is 0 Å². The van der Waals surface area contributed by atoms with E-state index in [1.807, 2.05) is 0 Å². The number of hydrogen-bond acceptors (Lipinski definition) is 8. The number of ether oxygens (including phenoxy) is 2. The molecule has 1 aliphatic rings. The fourth-order valence-corrected chi connectivity index (χ4v) is 2.63. The van der Waals surface area contributed by atoms with Gasteiger partial charge in [-0.2, -0.15) is 0 Å². The lowest BCUT2D eigenvalue weighted by Crippen LogP contribution is -2.46. The van der Waals surface area contributed by atoms with Crippen LogP contribution in [0, 0.1) is 0 Å². The van der Waals surface area contributed by atoms with Crippen molar-refractivity contribution in [3.8, 4) is 0 Å². The Morgan fingerprint density at radius 2 is 1.73 bits per heavy atom. The normalized spacial score (nSPS) is 27.2. The maximum Gasteiger partial charge on any atom is 0.340 e. The van der Waals surface area contributed by atoms with Gasteiger partial charge >= 0.3 is 11.9 Å². The van der Waals surface area contributed by atoms with Gasteiger partial charge in [-0.1, -0.05) is 0 Å². The molecule has 0 bridgehead atoms. The van der Waals surface area contributed by atoms with Crippen LogP contribution in [0.25, 0.3) is 0 Å². The van der Waals surface area contributed by atoms with Gasteiger partial charge in [-0.25, -0.2) is 9.59 Å². The molecule has 1 aromatic rings. The minimum atomic E-state index is -1.63. The summed E-state index contributed by atoms with van der Waals surface area (Å²) in [5.41, 5.74) is -0.585. The molecule has 9 heteroatoms. The van der Waals surface area contributed by atoms with Crippen LogP contribution in [-0.4, -0.2) is 70.0 Å². The molecule has 0 unspecified atom stereocenters. The van der Waals surface area contributed by atoms with Crippen molar-refractivity contribution < 1.29 is 39.5 Å². The van der Waals surface area contributed by atoms with Gasteiger partial charge in [0, 0.05) is 6.20 Å². The third-order valence-electron chi connectivity index (χ3n) is 3.76. The van der Waals surface area contributed by atoms with Gasteiger partial charge in [0.2, 0.25) is 0 Å². The van der Waals surface area contributed by atoms with Gasteiger partial charge in [0.05, 0.1) is 43.7 Å². The van der Waals surface area contributed by atoms with Gasteiger partial charge < -0.3 is 34.5 Å². The van der Waals surface area contributed by atoms with Crippen LogP contribution in [-0.2, 0) is 9.47 Å². The van der Waals surface area contributed by atoms with Crippen LogP contribution in [0.3, 0.4) is 0 Å². The van der Waals surface area contributed by atoms with Crippen LogP contribution in [0.1, 0.15) is 38.6 Å². The molecule has 9 nitrogen and oxygen atoms in total. The van der Waals surface area contributed by atoms with E-state index in [0.29, 0.717) is 0 Å². The van der Waals surface area contributed by atoms with Crippen LogP contribution in [0.2, 0.25) is 0 Å². The Labute approximate surface area is 125 Å². The summed E-state index contributed by atoms with van der Waals surface area (Å²) >= 11 is 0. The zero-order valence-corrected chi connectivity index (χ0v) is 12.0. The van der Waals surface area contributed by atoms with Crippen LogP contribution in [0.15, 0.2) is 6.20 Å². The summed E-state index contributed by atoms with van der Waals surface area (Å²) < 4.78 is 10.4. The lowest BCUT2D eigenvalue weighted by atomic mass is 9.92. The van der Waals surface area contributed by atoms with Crippen LogP contribution >= 0.6 is 0 Å². The standard InChI is InChI=1S/C13H17NO8/c1-21-12(19)5-3-14-6(4-15)9(16)11(18)10(17)8(14)7(5)13(20)22-2/h3,6,9-11,15-18H,4H2,1-2H3/t6-,9-,10+,11+/m1/s1. The number of esters is 2. The van der Waals surface area contributed by atoms with E-state index in [4.69, 9.17) is 0 Å². The van der Waals surface area contributed by atoms with Gasteiger partial charge in [-0.15, -0.1) is 0 Å². The number of methoxy groups -OCH3 is 2. The molecule has 0 aromatic carbocycles. The van der Waals surface area contributed by atoms with Crippen molar-refractivity contribution in [2.75, 3.05) is 20.8 Å². The molecule has 2 heterocycles. The second-order valence-corrected chi connectivity index (χ2v) is 4.87.